The van der Waals surface area contributed by atoms with E-state index in [1.807, 2.05) is 23.1 Å². The van der Waals surface area contributed by atoms with Crippen molar-refractivity contribution in [3.8, 4) is 11.5 Å². The Morgan fingerprint density at radius 2 is 2.09 bits per heavy atom. The van der Waals surface area contributed by atoms with Crippen LogP contribution in [0.25, 0.3) is 0 Å². The van der Waals surface area contributed by atoms with Crippen LogP contribution in [0, 0.1) is 0 Å². The normalized spacial score (nSPS) is 15.9. The molecule has 0 spiro atoms. The maximum Gasteiger partial charge on any atom is 0.317 e. The quantitative estimate of drug-likeness (QED) is 0.921. The Balaban J connectivity index is 1.37. The number of carbonyl (C=O) groups excluding carboxylic acids is 1. The minimum atomic E-state index is -0.0169. The number of thiophene rings is 1. The van der Waals surface area contributed by atoms with Gasteiger partial charge in [-0.25, -0.2) is 4.79 Å². The summed E-state index contributed by atoms with van der Waals surface area (Å²) in [5.74, 6) is 1.52. The minimum Gasteiger partial charge on any atom is -0.486 e. The lowest BCUT2D eigenvalue weighted by atomic mass is 10.1. The van der Waals surface area contributed by atoms with Gasteiger partial charge in [0.15, 0.2) is 11.5 Å². The van der Waals surface area contributed by atoms with Crippen LogP contribution in [-0.4, -0.2) is 30.7 Å². The van der Waals surface area contributed by atoms with Crippen molar-refractivity contribution in [2.75, 3.05) is 19.8 Å². The Labute approximate surface area is 138 Å². The van der Waals surface area contributed by atoms with Gasteiger partial charge >= 0.3 is 6.03 Å². The summed E-state index contributed by atoms with van der Waals surface area (Å²) in [4.78, 5) is 15.6. The number of benzene rings is 1. The van der Waals surface area contributed by atoms with Crippen molar-refractivity contribution < 1.29 is 14.3 Å². The van der Waals surface area contributed by atoms with Crippen molar-refractivity contribution in [3.63, 3.8) is 0 Å². The molecule has 0 bridgehead atoms. The van der Waals surface area contributed by atoms with Gasteiger partial charge in [-0.05, 0) is 41.1 Å². The number of fused-ring (bicyclic) bond motifs is 2. The smallest absolute Gasteiger partial charge is 0.317 e. The predicted molar refractivity (Wildman–Crippen MR) is 88.1 cm³/mol. The maximum absolute atomic E-state index is 12.4. The molecule has 1 aromatic heterocycles. The molecule has 4 rings (SSSR count). The van der Waals surface area contributed by atoms with Crippen molar-refractivity contribution in [1.29, 1.82) is 0 Å². The average molecular weight is 330 g/mol. The zero-order chi connectivity index (χ0) is 15.6. The first-order valence-corrected chi connectivity index (χ1v) is 8.64. The van der Waals surface area contributed by atoms with E-state index in [1.165, 1.54) is 10.4 Å². The van der Waals surface area contributed by atoms with Gasteiger partial charge in [-0.2, -0.15) is 0 Å². The standard InChI is InChI=1S/C17H18N2O3S/c20-17(19-5-3-16-13(11-19)4-8-23-16)18-10-12-1-2-14-15(9-12)22-7-6-21-14/h1-2,4,8-9H,3,5-7,10-11H2,(H,18,20). The summed E-state index contributed by atoms with van der Waals surface area (Å²) < 4.78 is 11.1. The van der Waals surface area contributed by atoms with Crippen LogP contribution in [0.1, 0.15) is 16.0 Å². The lowest BCUT2D eigenvalue weighted by molar-refractivity contribution is 0.171. The van der Waals surface area contributed by atoms with Gasteiger partial charge < -0.3 is 19.7 Å². The SMILES string of the molecule is O=C(NCc1ccc2c(c1)OCCO2)N1CCc2sccc2C1. The molecule has 0 atom stereocenters. The van der Waals surface area contributed by atoms with E-state index >= 15 is 0 Å². The van der Waals surface area contributed by atoms with E-state index in [2.05, 4.69) is 16.8 Å². The van der Waals surface area contributed by atoms with Crippen LogP contribution >= 0.6 is 11.3 Å². The molecule has 0 radical (unpaired) electrons. The van der Waals surface area contributed by atoms with E-state index in [-0.39, 0.29) is 6.03 Å². The summed E-state index contributed by atoms with van der Waals surface area (Å²) in [6.07, 6.45) is 0.949. The molecule has 3 heterocycles. The number of hydrogen-bond acceptors (Lipinski definition) is 4. The number of ether oxygens (including phenoxy) is 2. The lowest BCUT2D eigenvalue weighted by Crippen LogP contribution is -2.42. The second-order valence-corrected chi connectivity index (χ2v) is 6.68. The van der Waals surface area contributed by atoms with Crippen LogP contribution in [0.15, 0.2) is 29.6 Å². The zero-order valence-electron chi connectivity index (χ0n) is 12.7. The zero-order valence-corrected chi connectivity index (χ0v) is 13.5. The summed E-state index contributed by atoms with van der Waals surface area (Å²) in [5.41, 5.74) is 2.28. The monoisotopic (exact) mass is 330 g/mol. The summed E-state index contributed by atoms with van der Waals surface area (Å²) in [7, 11) is 0. The van der Waals surface area contributed by atoms with Gasteiger partial charge in [-0.3, -0.25) is 0 Å². The summed E-state index contributed by atoms with van der Waals surface area (Å²) >= 11 is 1.78. The molecule has 2 amide bonds. The highest BCUT2D eigenvalue weighted by Crippen LogP contribution is 2.30. The van der Waals surface area contributed by atoms with Gasteiger partial charge in [-0.15, -0.1) is 11.3 Å². The second kappa shape index (κ2) is 6.12. The van der Waals surface area contributed by atoms with E-state index in [0.717, 1.165) is 30.0 Å². The number of rotatable bonds is 2. The number of hydrogen-bond donors (Lipinski definition) is 1. The Morgan fingerprint density at radius 1 is 1.22 bits per heavy atom. The Hall–Kier alpha value is -2.21. The third kappa shape index (κ3) is 2.99. The number of urea groups is 1. The van der Waals surface area contributed by atoms with Gasteiger partial charge in [0, 0.05) is 24.5 Å². The molecule has 2 aliphatic heterocycles. The number of amides is 2. The van der Waals surface area contributed by atoms with Crippen LogP contribution in [0.5, 0.6) is 11.5 Å². The molecule has 23 heavy (non-hydrogen) atoms. The highest BCUT2D eigenvalue weighted by molar-refractivity contribution is 7.10. The summed E-state index contributed by atoms with van der Waals surface area (Å²) in [6.45, 7) is 3.12. The van der Waals surface area contributed by atoms with Gasteiger partial charge in [0.1, 0.15) is 13.2 Å². The Morgan fingerprint density at radius 3 is 3.00 bits per heavy atom. The molecule has 1 N–H and O–H groups in total. The number of nitrogens with one attached hydrogen (secondary N) is 1. The molecular weight excluding hydrogens is 312 g/mol. The molecule has 1 aromatic carbocycles. The maximum atomic E-state index is 12.4. The predicted octanol–water partition coefficient (Wildman–Crippen LogP) is 2.79. The van der Waals surface area contributed by atoms with E-state index in [0.29, 0.717) is 26.3 Å². The first-order valence-electron chi connectivity index (χ1n) is 7.76. The van der Waals surface area contributed by atoms with E-state index in [4.69, 9.17) is 9.47 Å². The van der Waals surface area contributed by atoms with Crippen molar-refractivity contribution >= 4 is 17.4 Å². The van der Waals surface area contributed by atoms with Gasteiger partial charge in [-0.1, -0.05) is 6.07 Å². The topological polar surface area (TPSA) is 50.8 Å². The largest absolute Gasteiger partial charge is 0.486 e. The van der Waals surface area contributed by atoms with E-state index in [9.17, 15) is 4.79 Å². The molecule has 6 heteroatoms. The highest BCUT2D eigenvalue weighted by Gasteiger charge is 2.21. The molecule has 2 aromatic rings. The van der Waals surface area contributed by atoms with Crippen molar-refractivity contribution in [3.05, 3.63) is 45.6 Å². The minimum absolute atomic E-state index is 0.0169. The van der Waals surface area contributed by atoms with Crippen LogP contribution in [0.2, 0.25) is 0 Å². The summed E-state index contributed by atoms with van der Waals surface area (Å²) in [6, 6.07) is 7.88. The fourth-order valence-electron chi connectivity index (χ4n) is 2.91. The Kier molecular flexibility index (Phi) is 3.83. The van der Waals surface area contributed by atoms with Crippen LogP contribution in [0.4, 0.5) is 4.79 Å². The van der Waals surface area contributed by atoms with Gasteiger partial charge in [0.2, 0.25) is 0 Å². The van der Waals surface area contributed by atoms with E-state index in [1.54, 1.807) is 11.3 Å². The fourth-order valence-corrected chi connectivity index (χ4v) is 3.80. The second-order valence-electron chi connectivity index (χ2n) is 5.68. The van der Waals surface area contributed by atoms with Crippen molar-refractivity contribution in [2.45, 2.75) is 19.5 Å². The third-order valence-corrected chi connectivity index (χ3v) is 5.17. The first kappa shape index (κ1) is 14.4. The first-order chi connectivity index (χ1) is 11.3. The van der Waals surface area contributed by atoms with E-state index < -0.39 is 0 Å². The van der Waals surface area contributed by atoms with Crippen LogP contribution in [-0.2, 0) is 19.5 Å². The van der Waals surface area contributed by atoms with Gasteiger partial charge in [0.25, 0.3) is 0 Å². The summed E-state index contributed by atoms with van der Waals surface area (Å²) in [5, 5.41) is 5.09. The Bertz CT molecular complexity index is 728. The molecular formula is C17H18N2O3S. The lowest BCUT2D eigenvalue weighted by Gasteiger charge is -2.27. The molecule has 2 aliphatic rings. The highest BCUT2D eigenvalue weighted by atomic mass is 32.1. The molecule has 0 unspecified atom stereocenters. The van der Waals surface area contributed by atoms with Crippen molar-refractivity contribution in [2.24, 2.45) is 0 Å². The van der Waals surface area contributed by atoms with Crippen molar-refractivity contribution in [1.82, 2.24) is 10.2 Å². The fraction of sp³-hybridized carbons (Fsp3) is 0.353. The van der Waals surface area contributed by atoms with Gasteiger partial charge in [0.05, 0.1) is 0 Å². The number of nitrogens with zero attached hydrogens (tertiary/aromatic N) is 1. The molecule has 0 fully saturated rings. The molecule has 5 nitrogen and oxygen atoms in total. The average Bonchev–Trinajstić information content (AvgIpc) is 3.07. The van der Waals surface area contributed by atoms with Crippen LogP contribution < -0.4 is 14.8 Å². The molecule has 0 saturated heterocycles. The molecule has 0 aliphatic carbocycles. The third-order valence-electron chi connectivity index (χ3n) is 4.15. The van der Waals surface area contributed by atoms with Crippen LogP contribution in [0.3, 0.4) is 0 Å². The number of carbonyl (C=O) groups is 1. The molecule has 0 saturated carbocycles. The molecule has 120 valence electrons.